The van der Waals surface area contributed by atoms with Crippen LogP contribution in [-0.4, -0.2) is 37.5 Å². The molecule has 1 heterocycles. The number of amides is 1. The first-order chi connectivity index (χ1) is 9.16. The highest BCUT2D eigenvalue weighted by molar-refractivity contribution is 5.95. The number of carbonyl (C=O) groups is 1. The van der Waals surface area contributed by atoms with Gasteiger partial charge in [-0.05, 0) is 45.1 Å². The molecule has 0 spiro atoms. The van der Waals surface area contributed by atoms with Gasteiger partial charge in [0.1, 0.15) is 0 Å². The normalized spacial score (nSPS) is 19.4. The van der Waals surface area contributed by atoms with E-state index in [2.05, 4.69) is 21.6 Å². The zero-order valence-corrected chi connectivity index (χ0v) is 11.8. The maximum Gasteiger partial charge on any atom is 0.241 e. The SMILES string of the molecule is CN(C)Cc1ccccc1NC(=O)C1CCCCN1. The molecule has 0 bridgehead atoms. The molecule has 4 heteroatoms. The van der Waals surface area contributed by atoms with Crippen molar-refractivity contribution in [3.8, 4) is 0 Å². The van der Waals surface area contributed by atoms with Crippen molar-refractivity contribution in [3.05, 3.63) is 29.8 Å². The molecule has 4 nitrogen and oxygen atoms in total. The van der Waals surface area contributed by atoms with Crippen LogP contribution in [0.3, 0.4) is 0 Å². The molecule has 1 aliphatic rings. The van der Waals surface area contributed by atoms with Crippen molar-refractivity contribution < 1.29 is 4.79 Å². The summed E-state index contributed by atoms with van der Waals surface area (Å²) in [6.07, 6.45) is 3.23. The minimum absolute atomic E-state index is 0.0406. The highest BCUT2D eigenvalue weighted by Crippen LogP contribution is 2.17. The Kier molecular flexibility index (Phi) is 4.93. The van der Waals surface area contributed by atoms with Gasteiger partial charge in [0.25, 0.3) is 0 Å². The Morgan fingerprint density at radius 2 is 2.16 bits per heavy atom. The first-order valence-electron chi connectivity index (χ1n) is 6.93. The van der Waals surface area contributed by atoms with Gasteiger partial charge in [0.2, 0.25) is 5.91 Å². The van der Waals surface area contributed by atoms with Crippen LogP contribution < -0.4 is 10.6 Å². The van der Waals surface area contributed by atoms with E-state index in [1.54, 1.807) is 0 Å². The fourth-order valence-electron chi connectivity index (χ4n) is 2.42. The molecular weight excluding hydrogens is 238 g/mol. The van der Waals surface area contributed by atoms with Gasteiger partial charge in [-0.15, -0.1) is 0 Å². The molecule has 1 atom stereocenters. The van der Waals surface area contributed by atoms with Crippen LogP contribution in [0.2, 0.25) is 0 Å². The van der Waals surface area contributed by atoms with Gasteiger partial charge in [-0.25, -0.2) is 0 Å². The van der Waals surface area contributed by atoms with Crippen molar-refractivity contribution in [3.63, 3.8) is 0 Å². The van der Waals surface area contributed by atoms with Crippen molar-refractivity contribution in [2.45, 2.75) is 31.8 Å². The standard InChI is InChI=1S/C15H23N3O/c1-18(2)11-12-7-3-4-8-13(12)17-15(19)14-9-5-6-10-16-14/h3-4,7-8,14,16H,5-6,9-11H2,1-2H3,(H,17,19). The molecule has 1 aliphatic heterocycles. The van der Waals surface area contributed by atoms with Gasteiger partial charge in [-0.3, -0.25) is 4.79 Å². The Morgan fingerprint density at radius 3 is 2.84 bits per heavy atom. The average molecular weight is 261 g/mol. The van der Waals surface area contributed by atoms with Crippen molar-refractivity contribution in [1.29, 1.82) is 0 Å². The van der Waals surface area contributed by atoms with Crippen LogP contribution in [-0.2, 0) is 11.3 Å². The Bertz CT molecular complexity index is 425. The zero-order chi connectivity index (χ0) is 13.7. The third-order valence-electron chi connectivity index (χ3n) is 3.39. The minimum atomic E-state index is -0.0406. The molecule has 104 valence electrons. The number of carbonyl (C=O) groups excluding carboxylic acids is 1. The minimum Gasteiger partial charge on any atom is -0.324 e. The van der Waals surface area contributed by atoms with E-state index < -0.39 is 0 Å². The van der Waals surface area contributed by atoms with E-state index in [-0.39, 0.29) is 11.9 Å². The summed E-state index contributed by atoms with van der Waals surface area (Å²) in [6, 6.07) is 7.96. The molecule has 2 N–H and O–H groups in total. The number of nitrogens with one attached hydrogen (secondary N) is 2. The second-order valence-electron chi connectivity index (χ2n) is 5.39. The molecule has 0 radical (unpaired) electrons. The highest BCUT2D eigenvalue weighted by atomic mass is 16.2. The van der Waals surface area contributed by atoms with Crippen LogP contribution in [0.1, 0.15) is 24.8 Å². The second-order valence-corrected chi connectivity index (χ2v) is 5.39. The molecule has 0 aromatic heterocycles. The number of benzene rings is 1. The van der Waals surface area contributed by atoms with Gasteiger partial charge in [0, 0.05) is 12.2 Å². The molecule has 0 saturated carbocycles. The Balaban J connectivity index is 2.03. The molecular formula is C15H23N3O. The number of nitrogens with zero attached hydrogens (tertiary/aromatic N) is 1. The van der Waals surface area contributed by atoms with E-state index in [0.29, 0.717) is 0 Å². The average Bonchev–Trinajstić information content (AvgIpc) is 2.41. The Morgan fingerprint density at radius 1 is 1.37 bits per heavy atom. The molecule has 1 aromatic rings. The maximum absolute atomic E-state index is 12.2. The number of hydrogen-bond donors (Lipinski definition) is 2. The monoisotopic (exact) mass is 261 g/mol. The van der Waals surface area contributed by atoms with Crippen LogP contribution in [0.5, 0.6) is 0 Å². The third-order valence-corrected chi connectivity index (χ3v) is 3.39. The van der Waals surface area contributed by atoms with Gasteiger partial charge >= 0.3 is 0 Å². The van der Waals surface area contributed by atoms with Crippen LogP contribution in [0.15, 0.2) is 24.3 Å². The first-order valence-corrected chi connectivity index (χ1v) is 6.93. The summed E-state index contributed by atoms with van der Waals surface area (Å²) < 4.78 is 0. The fraction of sp³-hybridized carbons (Fsp3) is 0.533. The predicted octanol–water partition coefficient (Wildman–Crippen LogP) is 1.83. The summed E-state index contributed by atoms with van der Waals surface area (Å²) in [6.45, 7) is 1.77. The fourth-order valence-corrected chi connectivity index (χ4v) is 2.42. The van der Waals surface area contributed by atoms with Gasteiger partial charge in [0.05, 0.1) is 6.04 Å². The summed E-state index contributed by atoms with van der Waals surface area (Å²) in [7, 11) is 4.06. The zero-order valence-electron chi connectivity index (χ0n) is 11.8. The van der Waals surface area contributed by atoms with E-state index in [1.807, 2.05) is 32.3 Å². The maximum atomic E-state index is 12.2. The number of rotatable bonds is 4. The lowest BCUT2D eigenvalue weighted by molar-refractivity contribution is -0.118. The number of para-hydroxylation sites is 1. The van der Waals surface area contributed by atoms with Crippen LogP contribution in [0, 0.1) is 0 Å². The second kappa shape index (κ2) is 6.68. The van der Waals surface area contributed by atoms with Crippen LogP contribution >= 0.6 is 0 Å². The summed E-state index contributed by atoms with van der Waals surface area (Å²) >= 11 is 0. The molecule has 19 heavy (non-hydrogen) atoms. The first kappa shape index (κ1) is 14.0. The lowest BCUT2D eigenvalue weighted by Crippen LogP contribution is -2.43. The van der Waals surface area contributed by atoms with E-state index in [4.69, 9.17) is 0 Å². The molecule has 0 aliphatic carbocycles. The predicted molar refractivity (Wildman–Crippen MR) is 78.1 cm³/mol. The number of hydrogen-bond acceptors (Lipinski definition) is 3. The van der Waals surface area contributed by atoms with Gasteiger partial charge in [-0.2, -0.15) is 0 Å². The molecule has 1 amide bonds. The Labute approximate surface area is 115 Å². The van der Waals surface area contributed by atoms with Crippen molar-refractivity contribution >= 4 is 11.6 Å². The smallest absolute Gasteiger partial charge is 0.241 e. The van der Waals surface area contributed by atoms with Gasteiger partial charge < -0.3 is 15.5 Å². The van der Waals surface area contributed by atoms with Gasteiger partial charge in [0.15, 0.2) is 0 Å². The quantitative estimate of drug-likeness (QED) is 0.869. The van der Waals surface area contributed by atoms with Crippen molar-refractivity contribution in [2.75, 3.05) is 26.0 Å². The molecule has 1 unspecified atom stereocenters. The Hall–Kier alpha value is -1.39. The highest BCUT2D eigenvalue weighted by Gasteiger charge is 2.20. The van der Waals surface area contributed by atoms with E-state index in [9.17, 15) is 4.79 Å². The van der Waals surface area contributed by atoms with Gasteiger partial charge in [-0.1, -0.05) is 24.6 Å². The summed E-state index contributed by atoms with van der Waals surface area (Å²) in [4.78, 5) is 14.3. The van der Waals surface area contributed by atoms with Crippen LogP contribution in [0.25, 0.3) is 0 Å². The number of piperidine rings is 1. The number of anilines is 1. The summed E-state index contributed by atoms with van der Waals surface area (Å²) in [5, 5.41) is 6.33. The van der Waals surface area contributed by atoms with Crippen LogP contribution in [0.4, 0.5) is 5.69 Å². The van der Waals surface area contributed by atoms with E-state index >= 15 is 0 Å². The topological polar surface area (TPSA) is 44.4 Å². The third kappa shape index (κ3) is 4.04. The van der Waals surface area contributed by atoms with Crippen molar-refractivity contribution in [2.24, 2.45) is 0 Å². The molecule has 2 rings (SSSR count). The van der Waals surface area contributed by atoms with E-state index in [0.717, 1.165) is 37.2 Å². The lowest BCUT2D eigenvalue weighted by Gasteiger charge is -2.23. The molecule has 1 aromatic carbocycles. The van der Waals surface area contributed by atoms with E-state index in [1.165, 1.54) is 6.42 Å². The lowest BCUT2D eigenvalue weighted by atomic mass is 10.0. The van der Waals surface area contributed by atoms with Crippen molar-refractivity contribution in [1.82, 2.24) is 10.2 Å². The molecule has 1 fully saturated rings. The molecule has 1 saturated heterocycles. The summed E-state index contributed by atoms with van der Waals surface area (Å²) in [5.74, 6) is 0.0888. The largest absolute Gasteiger partial charge is 0.324 e. The summed E-state index contributed by atoms with van der Waals surface area (Å²) in [5.41, 5.74) is 2.07.